The van der Waals surface area contributed by atoms with E-state index in [1.54, 1.807) is 0 Å². The van der Waals surface area contributed by atoms with Gasteiger partial charge in [0.05, 0.1) is 7.11 Å². The molecule has 5 heteroatoms. The van der Waals surface area contributed by atoms with Crippen molar-refractivity contribution >= 4 is 11.9 Å². The van der Waals surface area contributed by atoms with Gasteiger partial charge in [0.2, 0.25) is 5.91 Å². The molecule has 0 saturated carbocycles. The van der Waals surface area contributed by atoms with Crippen molar-refractivity contribution in [1.29, 1.82) is 0 Å². The summed E-state index contributed by atoms with van der Waals surface area (Å²) in [6.45, 7) is 6.41. The predicted molar refractivity (Wildman–Crippen MR) is 120 cm³/mol. The fraction of sp³-hybridized carbons (Fsp3) is 0.917. The molecule has 0 aliphatic heterocycles. The maximum absolute atomic E-state index is 12.3. The molecule has 2 N–H and O–H groups in total. The Hall–Kier alpha value is -1.10. The average Bonchev–Trinajstić information content (AvgIpc) is 2.69. The molecule has 29 heavy (non-hydrogen) atoms. The van der Waals surface area contributed by atoms with Crippen LogP contribution in [-0.4, -0.2) is 36.2 Å². The second-order valence-corrected chi connectivity index (χ2v) is 8.79. The van der Waals surface area contributed by atoms with Gasteiger partial charge in [-0.05, 0) is 25.2 Å². The van der Waals surface area contributed by atoms with Crippen molar-refractivity contribution in [3.8, 4) is 0 Å². The van der Waals surface area contributed by atoms with Crippen LogP contribution in [0.5, 0.6) is 0 Å². The van der Waals surface area contributed by atoms with E-state index in [0.717, 1.165) is 19.3 Å². The lowest BCUT2D eigenvalue weighted by molar-refractivity contribution is -0.141. The molecule has 1 unspecified atom stereocenters. The number of amides is 1. The summed E-state index contributed by atoms with van der Waals surface area (Å²) >= 11 is 0. The first-order valence-electron chi connectivity index (χ1n) is 12.0. The number of aliphatic hydroxyl groups excluding tert-OH is 1. The second kappa shape index (κ2) is 18.9. The van der Waals surface area contributed by atoms with Gasteiger partial charge in [-0.15, -0.1) is 0 Å². The fourth-order valence-corrected chi connectivity index (χ4v) is 3.64. The molecule has 5 nitrogen and oxygen atoms in total. The van der Waals surface area contributed by atoms with Crippen LogP contribution < -0.4 is 5.32 Å². The lowest BCUT2D eigenvalue weighted by Crippen LogP contribution is -2.42. The molecule has 172 valence electrons. The molecule has 0 aromatic heterocycles. The highest BCUT2D eigenvalue weighted by atomic mass is 16.5. The van der Waals surface area contributed by atoms with Crippen LogP contribution in [0.2, 0.25) is 0 Å². The number of hydrogen-bond acceptors (Lipinski definition) is 4. The molecular formula is C24H47NO4. The minimum absolute atomic E-state index is 0.103. The molecule has 0 rings (SSSR count). The van der Waals surface area contributed by atoms with Crippen LogP contribution in [0, 0.1) is 5.92 Å². The third-order valence-corrected chi connectivity index (χ3v) is 5.41. The van der Waals surface area contributed by atoms with Crippen LogP contribution in [0.25, 0.3) is 0 Å². The van der Waals surface area contributed by atoms with E-state index < -0.39 is 6.10 Å². The molecule has 2 atom stereocenters. The molecule has 0 bridgehead atoms. The van der Waals surface area contributed by atoms with Gasteiger partial charge in [-0.2, -0.15) is 0 Å². The van der Waals surface area contributed by atoms with E-state index in [9.17, 15) is 14.7 Å². The van der Waals surface area contributed by atoms with E-state index in [2.05, 4.69) is 30.8 Å². The Morgan fingerprint density at radius 2 is 1.38 bits per heavy atom. The zero-order valence-corrected chi connectivity index (χ0v) is 19.5. The van der Waals surface area contributed by atoms with Gasteiger partial charge in [-0.3, -0.25) is 9.59 Å². The normalized spacial score (nSPS) is 13.3. The van der Waals surface area contributed by atoms with Gasteiger partial charge in [-0.25, -0.2) is 0 Å². The van der Waals surface area contributed by atoms with Crippen molar-refractivity contribution in [2.45, 2.75) is 129 Å². The predicted octanol–water partition coefficient (Wildman–Crippen LogP) is 5.53. The fourth-order valence-electron chi connectivity index (χ4n) is 3.64. The highest BCUT2D eigenvalue weighted by Gasteiger charge is 2.20. The average molecular weight is 414 g/mol. The third-order valence-electron chi connectivity index (χ3n) is 5.41. The van der Waals surface area contributed by atoms with E-state index >= 15 is 0 Å². The van der Waals surface area contributed by atoms with Crippen LogP contribution in [0.4, 0.5) is 0 Å². The summed E-state index contributed by atoms with van der Waals surface area (Å²) < 4.78 is 4.68. The van der Waals surface area contributed by atoms with E-state index in [-0.39, 0.29) is 24.3 Å². The Balaban J connectivity index is 3.88. The summed E-state index contributed by atoms with van der Waals surface area (Å²) in [6.07, 6.45) is 14.9. The molecule has 0 spiro atoms. The smallest absolute Gasteiger partial charge is 0.305 e. The monoisotopic (exact) mass is 413 g/mol. The lowest BCUT2D eigenvalue weighted by Gasteiger charge is -2.22. The molecule has 0 radical (unpaired) electrons. The molecule has 0 aliphatic carbocycles. The Morgan fingerprint density at radius 1 is 0.862 bits per heavy atom. The van der Waals surface area contributed by atoms with E-state index in [4.69, 9.17) is 0 Å². The number of ether oxygens (including phenoxy) is 1. The second-order valence-electron chi connectivity index (χ2n) is 8.79. The maximum Gasteiger partial charge on any atom is 0.305 e. The van der Waals surface area contributed by atoms with Gasteiger partial charge in [-0.1, -0.05) is 91.4 Å². The highest BCUT2D eigenvalue weighted by molar-refractivity contribution is 5.80. The highest BCUT2D eigenvalue weighted by Crippen LogP contribution is 2.14. The van der Waals surface area contributed by atoms with Gasteiger partial charge >= 0.3 is 5.97 Å². The first kappa shape index (κ1) is 27.9. The molecular weight excluding hydrogens is 366 g/mol. The van der Waals surface area contributed by atoms with Gasteiger partial charge in [0.25, 0.3) is 0 Å². The van der Waals surface area contributed by atoms with Crippen molar-refractivity contribution in [3.05, 3.63) is 0 Å². The number of unbranched alkanes of at least 4 members (excludes halogenated alkanes) is 10. The zero-order chi connectivity index (χ0) is 21.9. The number of nitrogens with one attached hydrogen (secondary N) is 1. The van der Waals surface area contributed by atoms with Crippen LogP contribution >= 0.6 is 0 Å². The summed E-state index contributed by atoms with van der Waals surface area (Å²) in [4.78, 5) is 23.7. The van der Waals surface area contributed by atoms with Crippen LogP contribution in [0.15, 0.2) is 0 Å². The van der Waals surface area contributed by atoms with Crippen LogP contribution in [0.1, 0.15) is 117 Å². The molecule has 0 fully saturated rings. The molecule has 0 saturated heterocycles. The van der Waals surface area contributed by atoms with E-state index in [1.165, 1.54) is 64.9 Å². The molecule has 0 aromatic rings. The SMILES string of the molecule is CCCCCCCCCCCCCC(O)C(=O)N[C@H](CCC(=O)OC)CC(C)C. The van der Waals surface area contributed by atoms with Crippen molar-refractivity contribution in [1.82, 2.24) is 5.32 Å². The van der Waals surface area contributed by atoms with Crippen molar-refractivity contribution in [2.24, 2.45) is 5.92 Å². The Morgan fingerprint density at radius 3 is 1.86 bits per heavy atom. The minimum atomic E-state index is -0.957. The van der Waals surface area contributed by atoms with Gasteiger partial charge in [0.1, 0.15) is 6.10 Å². The quantitative estimate of drug-likeness (QED) is 0.215. The standard InChI is InChI=1S/C24H47NO4/c1-5-6-7-8-9-10-11-12-13-14-15-16-22(26)24(28)25-21(19-20(2)3)17-18-23(27)29-4/h20-22,26H,5-19H2,1-4H3,(H,25,28)/t21-,22?/m1/s1. The molecule has 0 aromatic carbocycles. The van der Waals surface area contributed by atoms with E-state index in [0.29, 0.717) is 18.8 Å². The maximum atomic E-state index is 12.3. The third kappa shape index (κ3) is 17.5. The van der Waals surface area contributed by atoms with Gasteiger partial charge in [0, 0.05) is 12.5 Å². The van der Waals surface area contributed by atoms with Crippen molar-refractivity contribution in [2.75, 3.05) is 7.11 Å². The van der Waals surface area contributed by atoms with Gasteiger partial charge in [0.15, 0.2) is 0 Å². The van der Waals surface area contributed by atoms with Crippen molar-refractivity contribution < 1.29 is 19.4 Å². The number of carbonyl (C=O) groups excluding carboxylic acids is 2. The molecule has 0 heterocycles. The minimum Gasteiger partial charge on any atom is -0.469 e. The number of hydrogen-bond donors (Lipinski definition) is 2. The summed E-state index contributed by atoms with van der Waals surface area (Å²) in [5.41, 5.74) is 0. The number of rotatable bonds is 19. The first-order chi connectivity index (χ1) is 13.9. The summed E-state index contributed by atoms with van der Waals surface area (Å²) in [7, 11) is 1.37. The number of aliphatic hydroxyl groups is 1. The lowest BCUT2D eigenvalue weighted by atomic mass is 9.99. The number of carbonyl (C=O) groups is 2. The first-order valence-corrected chi connectivity index (χ1v) is 12.0. The molecule has 0 aliphatic rings. The number of methoxy groups -OCH3 is 1. The number of esters is 1. The molecule has 1 amide bonds. The van der Waals surface area contributed by atoms with Crippen LogP contribution in [-0.2, 0) is 14.3 Å². The largest absolute Gasteiger partial charge is 0.469 e. The zero-order valence-electron chi connectivity index (χ0n) is 19.5. The Labute approximate surface area is 179 Å². The summed E-state index contributed by atoms with van der Waals surface area (Å²) in [5.74, 6) is -0.177. The van der Waals surface area contributed by atoms with Crippen molar-refractivity contribution in [3.63, 3.8) is 0 Å². The van der Waals surface area contributed by atoms with Gasteiger partial charge < -0.3 is 15.2 Å². The van der Waals surface area contributed by atoms with E-state index in [1.807, 2.05) is 0 Å². The summed E-state index contributed by atoms with van der Waals surface area (Å²) in [5, 5.41) is 13.1. The summed E-state index contributed by atoms with van der Waals surface area (Å²) in [6, 6.07) is -0.103. The van der Waals surface area contributed by atoms with Crippen LogP contribution in [0.3, 0.4) is 0 Å². The topological polar surface area (TPSA) is 75.6 Å². The Kier molecular flexibility index (Phi) is 18.2. The Bertz CT molecular complexity index is 412.